The van der Waals surface area contributed by atoms with Crippen LogP contribution < -0.4 is 19.5 Å². The average Bonchev–Trinajstić information content (AvgIpc) is 3.28. The number of hydrogen-bond acceptors (Lipinski definition) is 6. The lowest BCUT2D eigenvalue weighted by atomic mass is 9.90. The molecule has 0 amide bonds. The van der Waals surface area contributed by atoms with Gasteiger partial charge in [0.1, 0.15) is 5.75 Å². The first-order valence-corrected chi connectivity index (χ1v) is 10.0. The molecule has 0 atom stereocenters. The van der Waals surface area contributed by atoms with Gasteiger partial charge < -0.3 is 19.5 Å². The Morgan fingerprint density at radius 1 is 1.07 bits per heavy atom. The Hall–Kier alpha value is -2.73. The summed E-state index contributed by atoms with van der Waals surface area (Å²) in [4.78, 5) is 6.16. The number of nitrogens with zero attached hydrogens (tertiary/aromatic N) is 1. The summed E-state index contributed by atoms with van der Waals surface area (Å²) in [7, 11) is 1.67. The van der Waals surface area contributed by atoms with Crippen molar-refractivity contribution in [3.8, 4) is 17.2 Å². The number of rotatable bonds is 5. The van der Waals surface area contributed by atoms with Crippen LogP contribution in [0.1, 0.15) is 36.9 Å². The molecule has 0 fully saturated rings. The SMILES string of the molecule is COc1ccc(Nc2nc(C(C)(C)C)c(Cc3ccc4c(c3)OCO4)s2)cc1. The third-order valence-corrected chi connectivity index (χ3v) is 5.52. The highest BCUT2D eigenvalue weighted by molar-refractivity contribution is 7.15. The van der Waals surface area contributed by atoms with E-state index in [2.05, 4.69) is 38.2 Å². The molecular weight excluding hydrogens is 372 g/mol. The lowest BCUT2D eigenvalue weighted by molar-refractivity contribution is 0.174. The fourth-order valence-electron chi connectivity index (χ4n) is 3.15. The number of ether oxygens (including phenoxy) is 3. The maximum Gasteiger partial charge on any atom is 0.231 e. The minimum Gasteiger partial charge on any atom is -0.497 e. The first-order valence-electron chi connectivity index (χ1n) is 9.22. The molecule has 4 rings (SSSR count). The number of hydrogen-bond donors (Lipinski definition) is 1. The predicted octanol–water partition coefficient (Wildman–Crippen LogP) is 5.51. The number of nitrogens with one attached hydrogen (secondary N) is 1. The van der Waals surface area contributed by atoms with E-state index in [1.165, 1.54) is 10.4 Å². The highest BCUT2D eigenvalue weighted by Gasteiger charge is 2.24. The van der Waals surface area contributed by atoms with Crippen molar-refractivity contribution in [2.45, 2.75) is 32.6 Å². The second kappa shape index (κ2) is 7.36. The third-order valence-electron chi connectivity index (χ3n) is 4.55. The smallest absolute Gasteiger partial charge is 0.231 e. The molecule has 5 nitrogen and oxygen atoms in total. The van der Waals surface area contributed by atoms with Gasteiger partial charge in [-0.2, -0.15) is 0 Å². The van der Waals surface area contributed by atoms with Crippen molar-refractivity contribution in [2.75, 3.05) is 19.2 Å². The zero-order valence-electron chi connectivity index (χ0n) is 16.5. The molecule has 2 heterocycles. The van der Waals surface area contributed by atoms with Crippen LogP contribution in [0.4, 0.5) is 10.8 Å². The van der Waals surface area contributed by atoms with E-state index in [0.717, 1.165) is 40.2 Å². The van der Waals surface area contributed by atoms with Crippen LogP contribution in [0.25, 0.3) is 0 Å². The van der Waals surface area contributed by atoms with Gasteiger partial charge in [-0.05, 0) is 42.0 Å². The molecule has 28 heavy (non-hydrogen) atoms. The molecule has 146 valence electrons. The van der Waals surface area contributed by atoms with Crippen molar-refractivity contribution in [1.29, 1.82) is 0 Å². The Morgan fingerprint density at radius 2 is 1.82 bits per heavy atom. The van der Waals surface area contributed by atoms with Crippen molar-refractivity contribution in [3.63, 3.8) is 0 Å². The summed E-state index contributed by atoms with van der Waals surface area (Å²) in [6.45, 7) is 6.88. The number of anilines is 2. The van der Waals surface area contributed by atoms with Crippen LogP contribution in [0.15, 0.2) is 42.5 Å². The van der Waals surface area contributed by atoms with Crippen LogP contribution in [-0.4, -0.2) is 18.9 Å². The minimum absolute atomic E-state index is 0.0397. The lowest BCUT2D eigenvalue weighted by Gasteiger charge is -2.17. The number of fused-ring (bicyclic) bond motifs is 1. The molecule has 0 saturated heterocycles. The minimum atomic E-state index is -0.0397. The van der Waals surface area contributed by atoms with Gasteiger partial charge in [-0.3, -0.25) is 0 Å². The van der Waals surface area contributed by atoms with Gasteiger partial charge in [-0.1, -0.05) is 26.8 Å². The molecule has 3 aromatic rings. The molecule has 0 radical (unpaired) electrons. The Kier molecular flexibility index (Phi) is 4.89. The van der Waals surface area contributed by atoms with Gasteiger partial charge in [0.25, 0.3) is 0 Å². The van der Waals surface area contributed by atoms with E-state index in [1.54, 1.807) is 18.4 Å². The zero-order chi connectivity index (χ0) is 19.7. The summed E-state index contributed by atoms with van der Waals surface area (Å²) in [6.07, 6.45) is 0.811. The van der Waals surface area contributed by atoms with E-state index in [0.29, 0.717) is 6.79 Å². The van der Waals surface area contributed by atoms with E-state index < -0.39 is 0 Å². The van der Waals surface area contributed by atoms with Crippen LogP contribution in [0.5, 0.6) is 17.2 Å². The van der Waals surface area contributed by atoms with E-state index in [9.17, 15) is 0 Å². The van der Waals surface area contributed by atoms with Crippen LogP contribution in [0, 0.1) is 0 Å². The Bertz CT molecular complexity index is 974. The van der Waals surface area contributed by atoms with Crippen LogP contribution in [0.3, 0.4) is 0 Å². The van der Waals surface area contributed by atoms with Crippen LogP contribution in [0.2, 0.25) is 0 Å². The van der Waals surface area contributed by atoms with E-state index >= 15 is 0 Å². The van der Waals surface area contributed by atoms with Gasteiger partial charge >= 0.3 is 0 Å². The van der Waals surface area contributed by atoms with Crippen molar-refractivity contribution >= 4 is 22.2 Å². The molecule has 0 saturated carbocycles. The summed E-state index contributed by atoms with van der Waals surface area (Å²) >= 11 is 1.69. The lowest BCUT2D eigenvalue weighted by Crippen LogP contribution is -2.14. The van der Waals surface area contributed by atoms with Gasteiger partial charge in [-0.15, -0.1) is 11.3 Å². The fourth-order valence-corrected chi connectivity index (χ4v) is 4.37. The van der Waals surface area contributed by atoms with E-state index in [4.69, 9.17) is 19.2 Å². The molecule has 1 N–H and O–H groups in total. The number of benzene rings is 2. The topological polar surface area (TPSA) is 52.6 Å². The molecule has 1 aliphatic rings. The highest BCUT2D eigenvalue weighted by Crippen LogP contribution is 2.37. The van der Waals surface area contributed by atoms with Crippen molar-refractivity contribution in [3.05, 3.63) is 58.6 Å². The summed E-state index contributed by atoms with van der Waals surface area (Å²) in [5, 5.41) is 4.32. The molecule has 0 bridgehead atoms. The first kappa shape index (κ1) is 18.6. The second-order valence-corrected chi connectivity index (χ2v) is 8.84. The number of aromatic nitrogens is 1. The normalized spacial score (nSPS) is 12.9. The summed E-state index contributed by atoms with van der Waals surface area (Å²) < 4.78 is 16.2. The van der Waals surface area contributed by atoms with E-state index in [-0.39, 0.29) is 5.41 Å². The maximum atomic E-state index is 5.52. The molecular formula is C22H24N2O3S. The number of thiazole rings is 1. The van der Waals surface area contributed by atoms with Crippen molar-refractivity contribution in [2.24, 2.45) is 0 Å². The predicted molar refractivity (Wildman–Crippen MR) is 112 cm³/mol. The quantitative estimate of drug-likeness (QED) is 0.616. The monoisotopic (exact) mass is 396 g/mol. The molecule has 0 aliphatic carbocycles. The standard InChI is InChI=1S/C22H24N2O3S/c1-22(2,3)20-19(12-14-5-10-17-18(11-14)27-13-26-17)28-21(24-20)23-15-6-8-16(25-4)9-7-15/h5-11H,12-13H2,1-4H3,(H,23,24). The van der Waals surface area contributed by atoms with Gasteiger partial charge in [0.2, 0.25) is 6.79 Å². The largest absolute Gasteiger partial charge is 0.497 e. The van der Waals surface area contributed by atoms with Gasteiger partial charge in [-0.25, -0.2) is 4.98 Å². The first-order chi connectivity index (χ1) is 13.4. The highest BCUT2D eigenvalue weighted by atomic mass is 32.1. The second-order valence-electron chi connectivity index (χ2n) is 7.76. The average molecular weight is 397 g/mol. The van der Waals surface area contributed by atoms with Gasteiger partial charge in [0, 0.05) is 22.4 Å². The summed E-state index contributed by atoms with van der Waals surface area (Å²) in [6, 6.07) is 14.0. The fraction of sp³-hybridized carbons (Fsp3) is 0.318. The Morgan fingerprint density at radius 3 is 2.54 bits per heavy atom. The molecule has 1 aliphatic heterocycles. The van der Waals surface area contributed by atoms with Crippen molar-refractivity contribution < 1.29 is 14.2 Å². The summed E-state index contributed by atoms with van der Waals surface area (Å²) in [5.74, 6) is 2.46. The molecule has 0 spiro atoms. The Balaban J connectivity index is 1.60. The molecule has 0 unspecified atom stereocenters. The van der Waals surface area contributed by atoms with E-state index in [1.807, 2.05) is 30.3 Å². The Labute approximate surface area is 169 Å². The van der Waals surface area contributed by atoms with Crippen molar-refractivity contribution in [1.82, 2.24) is 4.98 Å². The van der Waals surface area contributed by atoms with Crippen LogP contribution >= 0.6 is 11.3 Å². The number of methoxy groups -OCH3 is 1. The third kappa shape index (κ3) is 3.92. The van der Waals surface area contributed by atoms with Crippen LogP contribution in [-0.2, 0) is 11.8 Å². The molecule has 6 heteroatoms. The zero-order valence-corrected chi connectivity index (χ0v) is 17.4. The van der Waals surface area contributed by atoms with Gasteiger partial charge in [0.05, 0.1) is 12.8 Å². The van der Waals surface area contributed by atoms with Gasteiger partial charge in [0.15, 0.2) is 16.6 Å². The molecule has 2 aromatic carbocycles. The molecule has 1 aromatic heterocycles. The summed E-state index contributed by atoms with van der Waals surface area (Å²) in [5.41, 5.74) is 3.26. The maximum absolute atomic E-state index is 5.52.